The number of halogens is 1. The third kappa shape index (κ3) is 3.30. The smallest absolute Gasteiger partial charge is 0.275 e. The van der Waals surface area contributed by atoms with Gasteiger partial charge in [-0.15, -0.1) is 0 Å². The van der Waals surface area contributed by atoms with Gasteiger partial charge in [-0.2, -0.15) is 10.2 Å². The molecule has 1 N–H and O–H groups in total. The molecule has 0 saturated heterocycles. The van der Waals surface area contributed by atoms with E-state index >= 15 is 0 Å². The van der Waals surface area contributed by atoms with E-state index < -0.39 is 0 Å². The van der Waals surface area contributed by atoms with Crippen LogP contribution in [0.1, 0.15) is 33.0 Å². The summed E-state index contributed by atoms with van der Waals surface area (Å²) in [7, 11) is 1.68. The lowest BCUT2D eigenvalue weighted by Gasteiger charge is -2.09. The Hall–Kier alpha value is -2.60. The summed E-state index contributed by atoms with van der Waals surface area (Å²) in [6.07, 6.45) is 1.46. The van der Waals surface area contributed by atoms with Crippen LogP contribution in [0.4, 0.5) is 5.69 Å². The summed E-state index contributed by atoms with van der Waals surface area (Å²) in [5.41, 5.74) is 5.09. The molecule has 0 radical (unpaired) electrons. The Balaban J connectivity index is 1.88. The van der Waals surface area contributed by atoms with Crippen molar-refractivity contribution in [1.29, 1.82) is 0 Å². The lowest BCUT2D eigenvalue weighted by atomic mass is 10.1. The highest BCUT2D eigenvalue weighted by molar-refractivity contribution is 6.34. The average molecular weight is 358 g/mol. The number of hydrogen-bond donors (Lipinski definition) is 1. The van der Waals surface area contributed by atoms with Crippen molar-refractivity contribution in [2.45, 2.75) is 27.3 Å². The van der Waals surface area contributed by atoms with Gasteiger partial charge < -0.3 is 5.32 Å². The molecule has 130 valence electrons. The zero-order chi connectivity index (χ0) is 18.1. The third-order valence-electron chi connectivity index (χ3n) is 4.31. The minimum absolute atomic E-state index is 0.299. The molecule has 0 bridgehead atoms. The quantitative estimate of drug-likeness (QED) is 0.777. The van der Waals surface area contributed by atoms with Crippen molar-refractivity contribution in [3.63, 3.8) is 0 Å². The second kappa shape index (κ2) is 6.72. The monoisotopic (exact) mass is 357 g/mol. The summed E-state index contributed by atoms with van der Waals surface area (Å²) >= 11 is 6.05. The Bertz CT molecular complexity index is 922. The number of aromatic nitrogens is 4. The fraction of sp³-hybridized carbons (Fsp3) is 0.278. The summed E-state index contributed by atoms with van der Waals surface area (Å²) in [5.74, 6) is -0.299. The van der Waals surface area contributed by atoms with Gasteiger partial charge in [-0.3, -0.25) is 14.2 Å². The number of aryl methyl sites for hydroxylation is 3. The Labute approximate surface area is 151 Å². The molecule has 1 amide bonds. The molecule has 1 aromatic carbocycles. The van der Waals surface area contributed by atoms with Crippen LogP contribution in [0.5, 0.6) is 0 Å². The first-order valence-electron chi connectivity index (χ1n) is 7.96. The first kappa shape index (κ1) is 17.2. The molecular weight excluding hydrogens is 338 g/mol. The standard InChI is InChI=1S/C18H20ClN5O/c1-11-7-5-6-8-14(11)10-24-13(3)16(12(2)22-24)21-18(25)17-15(19)9-20-23(17)4/h5-9H,10H2,1-4H3,(H,21,25). The van der Waals surface area contributed by atoms with Crippen LogP contribution in [0.15, 0.2) is 30.5 Å². The third-order valence-corrected chi connectivity index (χ3v) is 4.59. The molecule has 0 spiro atoms. The number of benzene rings is 1. The van der Waals surface area contributed by atoms with Gasteiger partial charge in [-0.1, -0.05) is 35.9 Å². The van der Waals surface area contributed by atoms with Crippen LogP contribution in [-0.4, -0.2) is 25.5 Å². The molecule has 0 aliphatic heterocycles. The van der Waals surface area contributed by atoms with E-state index in [2.05, 4.69) is 34.6 Å². The van der Waals surface area contributed by atoms with Crippen LogP contribution in [-0.2, 0) is 13.6 Å². The van der Waals surface area contributed by atoms with E-state index in [-0.39, 0.29) is 5.91 Å². The molecule has 0 saturated carbocycles. The van der Waals surface area contributed by atoms with Crippen molar-refractivity contribution >= 4 is 23.2 Å². The van der Waals surface area contributed by atoms with Gasteiger partial charge in [0.15, 0.2) is 0 Å². The number of anilines is 1. The number of rotatable bonds is 4. The molecule has 2 heterocycles. The van der Waals surface area contributed by atoms with Crippen LogP contribution >= 0.6 is 11.6 Å². The van der Waals surface area contributed by atoms with Gasteiger partial charge in [-0.25, -0.2) is 0 Å². The molecular formula is C18H20ClN5O. The molecule has 2 aromatic heterocycles. The van der Waals surface area contributed by atoms with Crippen molar-refractivity contribution < 1.29 is 4.79 Å². The largest absolute Gasteiger partial charge is 0.317 e. The van der Waals surface area contributed by atoms with Gasteiger partial charge in [-0.05, 0) is 31.9 Å². The molecule has 0 atom stereocenters. The van der Waals surface area contributed by atoms with Crippen molar-refractivity contribution in [2.75, 3.05) is 5.32 Å². The summed E-state index contributed by atoms with van der Waals surface area (Å²) in [4.78, 5) is 12.5. The van der Waals surface area contributed by atoms with Crippen LogP contribution in [0, 0.1) is 20.8 Å². The van der Waals surface area contributed by atoms with Gasteiger partial charge in [0.05, 0.1) is 34.8 Å². The van der Waals surface area contributed by atoms with Crippen molar-refractivity contribution in [2.24, 2.45) is 7.05 Å². The van der Waals surface area contributed by atoms with E-state index in [1.165, 1.54) is 22.0 Å². The number of amides is 1. The average Bonchev–Trinajstić information content (AvgIpc) is 3.03. The Morgan fingerprint density at radius 3 is 2.60 bits per heavy atom. The zero-order valence-electron chi connectivity index (χ0n) is 14.7. The van der Waals surface area contributed by atoms with E-state index in [9.17, 15) is 4.79 Å². The van der Waals surface area contributed by atoms with Crippen LogP contribution in [0.3, 0.4) is 0 Å². The van der Waals surface area contributed by atoms with Gasteiger partial charge in [0.2, 0.25) is 0 Å². The van der Waals surface area contributed by atoms with Gasteiger partial charge in [0.1, 0.15) is 5.69 Å². The first-order chi connectivity index (χ1) is 11.9. The number of nitrogens with zero attached hydrogens (tertiary/aromatic N) is 4. The predicted octanol–water partition coefficient (Wildman–Crippen LogP) is 3.50. The van der Waals surface area contributed by atoms with E-state index in [1.807, 2.05) is 30.7 Å². The SMILES string of the molecule is Cc1ccccc1Cn1nc(C)c(NC(=O)c2c(Cl)cnn2C)c1C. The fourth-order valence-corrected chi connectivity index (χ4v) is 3.07. The highest BCUT2D eigenvalue weighted by Gasteiger charge is 2.20. The van der Waals surface area contributed by atoms with Crippen molar-refractivity contribution in [3.8, 4) is 0 Å². The predicted molar refractivity (Wildman–Crippen MR) is 98.2 cm³/mol. The molecule has 3 rings (SSSR count). The van der Waals surface area contributed by atoms with Crippen LogP contribution in [0.25, 0.3) is 0 Å². The summed E-state index contributed by atoms with van der Waals surface area (Å²) < 4.78 is 3.36. The molecule has 7 heteroatoms. The van der Waals surface area contributed by atoms with E-state index in [4.69, 9.17) is 11.6 Å². The van der Waals surface area contributed by atoms with Crippen LogP contribution < -0.4 is 5.32 Å². The summed E-state index contributed by atoms with van der Waals surface area (Å²) in [5, 5.41) is 11.8. The minimum atomic E-state index is -0.299. The Morgan fingerprint density at radius 1 is 1.24 bits per heavy atom. The summed E-state index contributed by atoms with van der Waals surface area (Å²) in [6.45, 7) is 6.55. The highest BCUT2D eigenvalue weighted by Crippen LogP contribution is 2.23. The molecule has 0 aliphatic carbocycles. The molecule has 6 nitrogen and oxygen atoms in total. The summed E-state index contributed by atoms with van der Waals surface area (Å²) in [6, 6.07) is 8.19. The van der Waals surface area contributed by atoms with Crippen LogP contribution in [0.2, 0.25) is 5.02 Å². The maximum Gasteiger partial charge on any atom is 0.275 e. The first-order valence-corrected chi connectivity index (χ1v) is 8.33. The Kier molecular flexibility index (Phi) is 4.63. The molecule has 0 unspecified atom stereocenters. The topological polar surface area (TPSA) is 64.7 Å². The molecule has 3 aromatic rings. The highest BCUT2D eigenvalue weighted by atomic mass is 35.5. The van der Waals surface area contributed by atoms with E-state index in [1.54, 1.807) is 7.05 Å². The normalized spacial score (nSPS) is 10.9. The van der Waals surface area contributed by atoms with Crippen molar-refractivity contribution in [3.05, 3.63) is 63.7 Å². The maximum absolute atomic E-state index is 12.5. The number of nitrogens with one attached hydrogen (secondary N) is 1. The lowest BCUT2D eigenvalue weighted by Crippen LogP contribution is -2.17. The van der Waals surface area contributed by atoms with E-state index in [0.717, 1.165) is 11.4 Å². The Morgan fingerprint density at radius 2 is 1.96 bits per heavy atom. The maximum atomic E-state index is 12.5. The minimum Gasteiger partial charge on any atom is -0.317 e. The molecule has 0 aliphatic rings. The second-order valence-electron chi connectivity index (χ2n) is 6.05. The molecule has 0 fully saturated rings. The number of hydrogen-bond acceptors (Lipinski definition) is 3. The zero-order valence-corrected chi connectivity index (χ0v) is 15.4. The number of carbonyl (C=O) groups excluding carboxylic acids is 1. The second-order valence-corrected chi connectivity index (χ2v) is 6.46. The van der Waals surface area contributed by atoms with Crippen molar-refractivity contribution in [1.82, 2.24) is 19.6 Å². The number of carbonyl (C=O) groups is 1. The fourth-order valence-electron chi connectivity index (χ4n) is 2.82. The molecule has 25 heavy (non-hydrogen) atoms. The lowest BCUT2D eigenvalue weighted by molar-refractivity contribution is 0.101. The van der Waals surface area contributed by atoms with Gasteiger partial charge >= 0.3 is 0 Å². The van der Waals surface area contributed by atoms with Gasteiger partial charge in [0.25, 0.3) is 5.91 Å². The van der Waals surface area contributed by atoms with E-state index in [0.29, 0.717) is 22.9 Å². The van der Waals surface area contributed by atoms with Gasteiger partial charge in [0, 0.05) is 7.05 Å².